The van der Waals surface area contributed by atoms with E-state index in [4.69, 9.17) is 11.6 Å². The predicted octanol–water partition coefficient (Wildman–Crippen LogP) is 1.71. The molecule has 0 radical (unpaired) electrons. The van der Waals surface area contributed by atoms with Gasteiger partial charge in [0.05, 0.1) is 11.4 Å². The van der Waals surface area contributed by atoms with Crippen LogP contribution in [0.1, 0.15) is 19.3 Å². The summed E-state index contributed by atoms with van der Waals surface area (Å²) in [5.41, 5.74) is 0. The number of anilines is 2. The van der Waals surface area contributed by atoms with E-state index in [0.717, 1.165) is 30.2 Å². The number of carbonyl (C=O) groups excluding carboxylic acids is 1. The molecule has 9 nitrogen and oxygen atoms in total. The average molecular weight is 413 g/mol. The third-order valence-electron chi connectivity index (χ3n) is 4.26. The zero-order valence-corrected chi connectivity index (χ0v) is 16.4. The smallest absolute Gasteiger partial charge is 0.246 e. The van der Waals surface area contributed by atoms with Gasteiger partial charge in [-0.25, -0.2) is 13.5 Å². The van der Waals surface area contributed by atoms with Crippen molar-refractivity contribution in [3.05, 3.63) is 29.3 Å². The molecule has 1 aliphatic rings. The normalized spacial score (nSPS) is 15.1. The summed E-state index contributed by atoms with van der Waals surface area (Å²) in [5, 5.41) is 9.75. The first-order chi connectivity index (χ1) is 12.9. The van der Waals surface area contributed by atoms with Gasteiger partial charge in [-0.05, 0) is 43.5 Å². The van der Waals surface area contributed by atoms with Gasteiger partial charge in [-0.2, -0.15) is 9.29 Å². The van der Waals surface area contributed by atoms with E-state index in [1.54, 1.807) is 0 Å². The third-order valence-corrected chi connectivity index (χ3v) is 6.33. The number of likely N-dealkylation sites (N-methyl/N-ethyl adjacent to an activating group) is 1. The number of piperidine rings is 1. The van der Waals surface area contributed by atoms with E-state index in [0.29, 0.717) is 11.0 Å². The second-order valence-corrected chi connectivity index (χ2v) is 8.78. The van der Waals surface area contributed by atoms with Gasteiger partial charge in [0.15, 0.2) is 0 Å². The lowest BCUT2D eigenvalue weighted by molar-refractivity contribution is -0.116. The van der Waals surface area contributed by atoms with Gasteiger partial charge in [0.25, 0.3) is 0 Å². The fraction of sp³-hybridized carbons (Fsp3) is 0.438. The molecule has 0 spiro atoms. The maximum absolute atomic E-state index is 12.5. The number of nitrogens with one attached hydrogen (secondary N) is 2. The molecule has 1 aromatic carbocycles. The summed E-state index contributed by atoms with van der Waals surface area (Å²) in [6.07, 6.45) is 3.37. The minimum atomic E-state index is -3.80. The second-order valence-electron chi connectivity index (χ2n) is 6.29. The maximum atomic E-state index is 12.5. The van der Waals surface area contributed by atoms with Gasteiger partial charge in [0, 0.05) is 25.2 Å². The minimum Gasteiger partial charge on any atom is -0.340 e. The van der Waals surface area contributed by atoms with Gasteiger partial charge in [-0.15, -0.1) is 5.10 Å². The summed E-state index contributed by atoms with van der Waals surface area (Å²) >= 11 is 5.78. The highest BCUT2D eigenvalue weighted by molar-refractivity contribution is 7.89. The highest BCUT2D eigenvalue weighted by atomic mass is 35.5. The molecule has 2 aromatic rings. The van der Waals surface area contributed by atoms with Crippen LogP contribution < -0.4 is 10.2 Å². The van der Waals surface area contributed by atoms with E-state index < -0.39 is 15.9 Å². The molecule has 0 saturated carbocycles. The molecule has 0 unspecified atom stereocenters. The Morgan fingerprint density at radius 2 is 1.93 bits per heavy atom. The summed E-state index contributed by atoms with van der Waals surface area (Å²) in [6.45, 7) is 1.41. The summed E-state index contributed by atoms with van der Waals surface area (Å²) in [7, 11) is -2.46. The van der Waals surface area contributed by atoms with Crippen molar-refractivity contribution >= 4 is 39.4 Å². The Bertz CT molecular complexity index is 893. The van der Waals surface area contributed by atoms with Crippen LogP contribution in [-0.4, -0.2) is 60.5 Å². The van der Waals surface area contributed by atoms with Crippen molar-refractivity contribution in [1.82, 2.24) is 19.5 Å². The summed E-state index contributed by atoms with van der Waals surface area (Å²) in [5.74, 6) is 0.210. The van der Waals surface area contributed by atoms with E-state index in [1.807, 2.05) is 4.90 Å². The zero-order chi connectivity index (χ0) is 19.4. The number of aromatic nitrogens is 3. The van der Waals surface area contributed by atoms with Gasteiger partial charge < -0.3 is 4.90 Å². The number of hydrogen-bond acceptors (Lipinski definition) is 6. The van der Waals surface area contributed by atoms with Gasteiger partial charge in [0.1, 0.15) is 0 Å². The molecule has 3 rings (SSSR count). The first-order valence-corrected chi connectivity index (χ1v) is 10.4. The van der Waals surface area contributed by atoms with E-state index in [-0.39, 0.29) is 17.4 Å². The van der Waals surface area contributed by atoms with Crippen LogP contribution in [0.5, 0.6) is 0 Å². The largest absolute Gasteiger partial charge is 0.340 e. The Morgan fingerprint density at radius 1 is 1.26 bits per heavy atom. The Kier molecular flexibility index (Phi) is 5.98. The summed E-state index contributed by atoms with van der Waals surface area (Å²) in [4.78, 5) is 18.6. The van der Waals surface area contributed by atoms with Crippen molar-refractivity contribution in [1.29, 1.82) is 0 Å². The molecule has 1 aliphatic heterocycles. The zero-order valence-electron chi connectivity index (χ0n) is 14.9. The van der Waals surface area contributed by atoms with Crippen LogP contribution in [0.15, 0.2) is 29.2 Å². The molecular formula is C16H21ClN6O3S. The van der Waals surface area contributed by atoms with Crippen LogP contribution in [-0.2, 0) is 14.8 Å². The molecule has 27 heavy (non-hydrogen) atoms. The lowest BCUT2D eigenvalue weighted by Gasteiger charge is -2.24. The lowest BCUT2D eigenvalue weighted by Crippen LogP contribution is -2.35. The Hall–Kier alpha value is -2.17. The monoisotopic (exact) mass is 412 g/mol. The highest BCUT2D eigenvalue weighted by Gasteiger charge is 2.23. The molecule has 1 fully saturated rings. The number of nitrogens with zero attached hydrogens (tertiary/aromatic N) is 4. The number of aromatic amines is 1. The molecule has 2 heterocycles. The van der Waals surface area contributed by atoms with Crippen molar-refractivity contribution in [3.8, 4) is 0 Å². The summed E-state index contributed by atoms with van der Waals surface area (Å²) in [6, 6.07) is 5.76. The number of carbonyl (C=O) groups is 1. The van der Waals surface area contributed by atoms with Crippen molar-refractivity contribution < 1.29 is 13.2 Å². The number of sulfonamides is 1. The minimum absolute atomic E-state index is 0.0641. The van der Waals surface area contributed by atoms with Crippen molar-refractivity contribution in [3.63, 3.8) is 0 Å². The first-order valence-electron chi connectivity index (χ1n) is 8.55. The van der Waals surface area contributed by atoms with E-state index in [9.17, 15) is 13.2 Å². The number of benzene rings is 1. The van der Waals surface area contributed by atoms with Crippen molar-refractivity contribution in [2.24, 2.45) is 0 Å². The van der Waals surface area contributed by atoms with Crippen LogP contribution in [0.3, 0.4) is 0 Å². The molecule has 0 bridgehead atoms. The van der Waals surface area contributed by atoms with Crippen LogP contribution in [0, 0.1) is 0 Å². The second kappa shape index (κ2) is 8.24. The Balaban J connectivity index is 1.60. The maximum Gasteiger partial charge on any atom is 0.246 e. The molecule has 0 aliphatic carbocycles. The number of rotatable bonds is 6. The van der Waals surface area contributed by atoms with Crippen LogP contribution in [0.4, 0.5) is 11.9 Å². The first kappa shape index (κ1) is 19.6. The van der Waals surface area contributed by atoms with Crippen LogP contribution in [0.2, 0.25) is 5.02 Å². The summed E-state index contributed by atoms with van der Waals surface area (Å²) < 4.78 is 26.0. The average Bonchev–Trinajstić information content (AvgIpc) is 3.11. The molecule has 1 aromatic heterocycles. The van der Waals surface area contributed by atoms with Gasteiger partial charge >= 0.3 is 0 Å². The van der Waals surface area contributed by atoms with Crippen LogP contribution in [0.25, 0.3) is 0 Å². The molecule has 11 heteroatoms. The fourth-order valence-electron chi connectivity index (χ4n) is 2.79. The number of hydrogen-bond donors (Lipinski definition) is 2. The fourth-order valence-corrected chi connectivity index (χ4v) is 4.04. The highest BCUT2D eigenvalue weighted by Crippen LogP contribution is 2.18. The Labute approximate surface area is 162 Å². The SMILES string of the molecule is CN(CC(=O)Nc1nc(N2CCCCC2)n[nH]1)S(=O)(=O)c1ccc(Cl)cc1. The van der Waals surface area contributed by atoms with Gasteiger partial charge in [-0.1, -0.05) is 11.6 Å². The molecule has 1 saturated heterocycles. The standard InChI is InChI=1S/C16H21ClN6O3S/c1-22(27(25,26)13-7-5-12(17)6-8-13)11-14(24)18-15-19-16(21-20-15)23-9-3-2-4-10-23/h5-8H,2-4,9-11H2,1H3,(H2,18,19,20,21,24). The Morgan fingerprint density at radius 3 is 2.59 bits per heavy atom. The predicted molar refractivity (Wildman–Crippen MR) is 102 cm³/mol. The van der Waals surface area contributed by atoms with E-state index >= 15 is 0 Å². The molecule has 0 atom stereocenters. The molecule has 2 N–H and O–H groups in total. The number of amides is 1. The van der Waals surface area contributed by atoms with Gasteiger partial charge in [0.2, 0.25) is 27.8 Å². The molecular weight excluding hydrogens is 392 g/mol. The molecule has 146 valence electrons. The molecule has 1 amide bonds. The number of H-pyrrole nitrogens is 1. The lowest BCUT2D eigenvalue weighted by atomic mass is 10.1. The number of halogens is 1. The quantitative estimate of drug-likeness (QED) is 0.747. The van der Waals surface area contributed by atoms with E-state index in [1.165, 1.54) is 37.7 Å². The van der Waals surface area contributed by atoms with Crippen molar-refractivity contribution in [2.45, 2.75) is 24.2 Å². The van der Waals surface area contributed by atoms with E-state index in [2.05, 4.69) is 20.5 Å². The van der Waals surface area contributed by atoms with Gasteiger partial charge in [-0.3, -0.25) is 10.1 Å². The third kappa shape index (κ3) is 4.76. The van der Waals surface area contributed by atoms with Crippen LogP contribution >= 0.6 is 11.6 Å². The topological polar surface area (TPSA) is 111 Å². The van der Waals surface area contributed by atoms with Crippen molar-refractivity contribution in [2.75, 3.05) is 36.9 Å².